The second-order valence-corrected chi connectivity index (χ2v) is 11.1. The van der Waals surface area contributed by atoms with Crippen LogP contribution in [-0.4, -0.2) is 58.6 Å². The predicted octanol–water partition coefficient (Wildman–Crippen LogP) is 3.75. The number of Topliss-reactive ketones (excluding diaryl/α,β-unsaturated/α-hetero) is 1. The number of nitrogens with zero attached hydrogens (tertiary/aromatic N) is 5. The summed E-state index contributed by atoms with van der Waals surface area (Å²) < 4.78 is 7.23. The number of hydrogen-bond acceptors (Lipinski definition) is 9. The van der Waals surface area contributed by atoms with E-state index in [2.05, 4.69) is 25.8 Å². The molecule has 2 aromatic heterocycles. The van der Waals surface area contributed by atoms with Gasteiger partial charge in [-0.3, -0.25) is 19.0 Å². The number of rotatable bonds is 11. The summed E-state index contributed by atoms with van der Waals surface area (Å²) in [5.41, 5.74) is 2.09. The van der Waals surface area contributed by atoms with Crippen molar-refractivity contribution in [2.75, 3.05) is 31.4 Å². The fraction of sp³-hybridized carbons (Fsp3) is 0.355. The number of anilines is 2. The van der Waals surface area contributed by atoms with Crippen LogP contribution in [0.25, 0.3) is 11.3 Å². The highest BCUT2D eigenvalue weighted by Gasteiger charge is 2.34. The van der Waals surface area contributed by atoms with Crippen LogP contribution < -0.4 is 21.1 Å². The van der Waals surface area contributed by atoms with Crippen molar-refractivity contribution in [3.05, 3.63) is 88.5 Å². The van der Waals surface area contributed by atoms with Crippen molar-refractivity contribution in [3.63, 3.8) is 0 Å². The smallest absolute Gasteiger partial charge is 0.294 e. The topological polar surface area (TPSA) is 135 Å². The second-order valence-electron chi connectivity index (χ2n) is 11.1. The molecule has 0 radical (unpaired) electrons. The molecule has 2 heterocycles. The Morgan fingerprint density at radius 1 is 1.02 bits per heavy atom. The number of carbonyl (C=O) groups is 2. The molecule has 0 aliphatic rings. The van der Waals surface area contributed by atoms with E-state index in [1.54, 1.807) is 7.05 Å². The summed E-state index contributed by atoms with van der Waals surface area (Å²) in [6.07, 6.45) is 1.54. The lowest BCUT2D eigenvalue weighted by molar-refractivity contribution is -0.122. The van der Waals surface area contributed by atoms with Crippen molar-refractivity contribution in [3.8, 4) is 11.3 Å². The number of aromatic nitrogens is 4. The number of ketones is 1. The molecule has 4 rings (SSSR count). The summed E-state index contributed by atoms with van der Waals surface area (Å²) in [4.78, 5) is 46.1. The van der Waals surface area contributed by atoms with Crippen molar-refractivity contribution in [1.29, 1.82) is 0 Å². The van der Waals surface area contributed by atoms with Crippen molar-refractivity contribution in [2.45, 2.75) is 45.7 Å². The monoisotopic (exact) mass is 571 g/mol. The van der Waals surface area contributed by atoms with E-state index in [0.717, 1.165) is 16.8 Å². The van der Waals surface area contributed by atoms with Crippen LogP contribution in [0.1, 0.15) is 49.8 Å². The molecule has 0 saturated heterocycles. The third kappa shape index (κ3) is 6.24. The van der Waals surface area contributed by atoms with E-state index in [4.69, 9.17) is 4.42 Å². The number of amides is 1. The van der Waals surface area contributed by atoms with Gasteiger partial charge in [0.1, 0.15) is 6.54 Å². The predicted molar refractivity (Wildman–Crippen MR) is 162 cm³/mol. The SMILES string of the molecule is CNc1ncc(-c2ccccc2)n(CC(=O)N[C@@H](C(=O)c2nnc(C(C)(C)c3ccc(N(C)C)cc3)o2)C(C)C)c1=O. The molecule has 2 N–H and O–H groups in total. The van der Waals surface area contributed by atoms with E-state index < -0.39 is 28.7 Å². The molecule has 2 aromatic carbocycles. The minimum Gasteiger partial charge on any atom is -0.417 e. The van der Waals surface area contributed by atoms with E-state index in [1.807, 2.05) is 101 Å². The Morgan fingerprint density at radius 2 is 1.69 bits per heavy atom. The summed E-state index contributed by atoms with van der Waals surface area (Å²) >= 11 is 0. The first-order valence-corrected chi connectivity index (χ1v) is 13.7. The average Bonchev–Trinajstić information content (AvgIpc) is 3.48. The maximum Gasteiger partial charge on any atom is 0.294 e. The first-order chi connectivity index (χ1) is 19.9. The first kappa shape index (κ1) is 30.2. The third-order valence-corrected chi connectivity index (χ3v) is 7.20. The first-order valence-electron chi connectivity index (χ1n) is 13.7. The van der Waals surface area contributed by atoms with Gasteiger partial charge in [0.15, 0.2) is 5.82 Å². The van der Waals surface area contributed by atoms with Crippen LogP contribution in [0.15, 0.2) is 70.0 Å². The summed E-state index contributed by atoms with van der Waals surface area (Å²) in [6.45, 7) is 7.18. The van der Waals surface area contributed by atoms with E-state index in [9.17, 15) is 14.4 Å². The minimum absolute atomic E-state index is 0.108. The summed E-state index contributed by atoms with van der Waals surface area (Å²) in [7, 11) is 5.52. The van der Waals surface area contributed by atoms with Crippen LogP contribution in [0.5, 0.6) is 0 Å². The van der Waals surface area contributed by atoms with Crippen LogP contribution in [0, 0.1) is 5.92 Å². The lowest BCUT2D eigenvalue weighted by Crippen LogP contribution is -2.46. The molecule has 0 unspecified atom stereocenters. The molecule has 11 heteroatoms. The Labute approximate surface area is 245 Å². The molecule has 11 nitrogen and oxygen atoms in total. The molecule has 4 aromatic rings. The van der Waals surface area contributed by atoms with Crippen LogP contribution >= 0.6 is 0 Å². The van der Waals surface area contributed by atoms with Gasteiger partial charge in [0.25, 0.3) is 11.4 Å². The molecule has 1 amide bonds. The normalized spacial score (nSPS) is 12.2. The van der Waals surface area contributed by atoms with Gasteiger partial charge < -0.3 is 20.0 Å². The fourth-order valence-corrected chi connectivity index (χ4v) is 4.56. The lowest BCUT2D eigenvalue weighted by atomic mass is 9.84. The maximum atomic E-state index is 13.5. The molecule has 0 bridgehead atoms. The number of nitrogens with one attached hydrogen (secondary N) is 2. The Morgan fingerprint density at radius 3 is 2.29 bits per heavy atom. The van der Waals surface area contributed by atoms with Crippen molar-refractivity contribution in [1.82, 2.24) is 25.1 Å². The summed E-state index contributed by atoms with van der Waals surface area (Å²) in [5, 5.41) is 13.8. The number of benzene rings is 2. The zero-order valence-corrected chi connectivity index (χ0v) is 25.0. The van der Waals surface area contributed by atoms with Gasteiger partial charge in [-0.25, -0.2) is 4.98 Å². The van der Waals surface area contributed by atoms with Gasteiger partial charge in [-0.1, -0.05) is 56.3 Å². The molecule has 42 heavy (non-hydrogen) atoms. The Balaban J connectivity index is 1.56. The van der Waals surface area contributed by atoms with Crippen molar-refractivity contribution in [2.24, 2.45) is 5.92 Å². The molecular formula is C31H37N7O4. The molecule has 0 fully saturated rings. The summed E-state index contributed by atoms with van der Waals surface area (Å²) in [6, 6.07) is 16.2. The van der Waals surface area contributed by atoms with Crippen LogP contribution in [-0.2, 0) is 16.8 Å². The zero-order valence-electron chi connectivity index (χ0n) is 25.0. The van der Waals surface area contributed by atoms with E-state index in [0.29, 0.717) is 5.69 Å². The highest BCUT2D eigenvalue weighted by atomic mass is 16.4. The zero-order chi connectivity index (χ0) is 30.6. The van der Waals surface area contributed by atoms with Gasteiger partial charge in [-0.05, 0) is 43.0 Å². The molecule has 0 spiro atoms. The molecule has 1 atom stereocenters. The van der Waals surface area contributed by atoms with E-state index in [-0.39, 0.29) is 30.1 Å². The summed E-state index contributed by atoms with van der Waals surface area (Å²) in [5.74, 6) is -1.11. The van der Waals surface area contributed by atoms with Crippen LogP contribution in [0.4, 0.5) is 11.5 Å². The number of carbonyl (C=O) groups excluding carboxylic acids is 2. The van der Waals surface area contributed by atoms with Crippen molar-refractivity contribution >= 4 is 23.2 Å². The fourth-order valence-electron chi connectivity index (χ4n) is 4.56. The number of hydrogen-bond donors (Lipinski definition) is 2. The molecule has 0 aliphatic carbocycles. The van der Waals surface area contributed by atoms with E-state index >= 15 is 0 Å². The van der Waals surface area contributed by atoms with Gasteiger partial charge >= 0.3 is 0 Å². The molecule has 0 saturated carbocycles. The van der Waals surface area contributed by atoms with Crippen molar-refractivity contribution < 1.29 is 14.0 Å². The van der Waals surface area contributed by atoms with Gasteiger partial charge in [-0.2, -0.15) is 0 Å². The largest absolute Gasteiger partial charge is 0.417 e. The van der Waals surface area contributed by atoms with Gasteiger partial charge in [-0.15, -0.1) is 10.2 Å². The standard InChI is InChI=1S/C31H37N7O4/c1-19(2)25(26(40)28-35-36-30(42-28)31(3,4)21-13-15-22(16-14-21)37(6)7)34-24(39)18-38-23(20-11-9-8-10-12-20)17-33-27(32-5)29(38)41/h8-17,19,25H,18H2,1-7H3,(H,32,33)(H,34,39)/t25-/m1/s1. The molecule has 0 aliphatic heterocycles. The van der Waals surface area contributed by atoms with Gasteiger partial charge in [0.05, 0.1) is 23.3 Å². The lowest BCUT2D eigenvalue weighted by Gasteiger charge is -2.22. The van der Waals surface area contributed by atoms with Gasteiger partial charge in [0, 0.05) is 26.8 Å². The quantitative estimate of drug-likeness (QED) is 0.258. The molecular weight excluding hydrogens is 534 g/mol. The minimum atomic E-state index is -0.949. The van der Waals surface area contributed by atoms with Gasteiger partial charge in [0.2, 0.25) is 17.6 Å². The highest BCUT2D eigenvalue weighted by molar-refractivity contribution is 5.98. The third-order valence-electron chi connectivity index (χ3n) is 7.20. The van der Waals surface area contributed by atoms with E-state index in [1.165, 1.54) is 10.8 Å². The maximum absolute atomic E-state index is 13.5. The second kappa shape index (κ2) is 12.4. The highest BCUT2D eigenvalue weighted by Crippen LogP contribution is 2.32. The average molecular weight is 572 g/mol. The molecule has 220 valence electrons. The Bertz CT molecular complexity index is 1610. The van der Waals surface area contributed by atoms with Crippen LogP contribution in [0.3, 0.4) is 0 Å². The Kier molecular flexibility index (Phi) is 8.89. The van der Waals surface area contributed by atoms with Crippen LogP contribution in [0.2, 0.25) is 0 Å². The Hall–Kier alpha value is -4.80.